The van der Waals surface area contributed by atoms with Crippen LogP contribution in [0, 0.1) is 11.3 Å². The number of carbonyl (C=O) groups is 2. The monoisotopic (exact) mass is 296 g/mol. The Balaban J connectivity index is 1.72. The zero-order valence-electron chi connectivity index (χ0n) is 13.2. The lowest BCUT2D eigenvalue weighted by Gasteiger charge is -2.36. The maximum atomic E-state index is 12.1. The van der Waals surface area contributed by atoms with Gasteiger partial charge in [0.05, 0.1) is 5.92 Å². The molecule has 2 amide bonds. The average Bonchev–Trinajstić information content (AvgIpc) is 2.37. The first-order valence-electron chi connectivity index (χ1n) is 8.15. The van der Waals surface area contributed by atoms with E-state index in [0.717, 1.165) is 25.7 Å². The predicted octanol–water partition coefficient (Wildman–Crippen LogP) is 2.90. The Morgan fingerprint density at radius 3 is 2.19 bits per heavy atom. The lowest BCUT2D eigenvalue weighted by Crippen LogP contribution is -2.49. The van der Waals surface area contributed by atoms with E-state index in [2.05, 4.69) is 24.5 Å². The highest BCUT2D eigenvalue weighted by Crippen LogP contribution is 2.35. The van der Waals surface area contributed by atoms with Gasteiger partial charge in [0, 0.05) is 12.1 Å². The van der Waals surface area contributed by atoms with E-state index in [-0.39, 0.29) is 24.0 Å². The molecule has 1 unspecified atom stereocenters. The summed E-state index contributed by atoms with van der Waals surface area (Å²) in [6.45, 7) is 4.51. The molecule has 120 valence electrons. The number of amides is 2. The van der Waals surface area contributed by atoms with Crippen molar-refractivity contribution in [1.82, 2.24) is 10.6 Å². The molecular weight excluding hydrogens is 268 g/mol. The van der Waals surface area contributed by atoms with Crippen LogP contribution in [0.3, 0.4) is 0 Å². The molecule has 0 spiro atoms. The number of hydrogen-bond acceptors (Lipinski definition) is 2. The van der Waals surface area contributed by atoms with E-state index in [4.69, 9.17) is 5.11 Å². The second-order valence-corrected chi connectivity index (χ2v) is 7.46. The van der Waals surface area contributed by atoms with Gasteiger partial charge >= 0.3 is 12.0 Å². The molecule has 0 aromatic heterocycles. The van der Waals surface area contributed by atoms with Gasteiger partial charge in [0.1, 0.15) is 0 Å². The second kappa shape index (κ2) is 6.67. The minimum atomic E-state index is -0.706. The molecule has 5 nitrogen and oxygen atoms in total. The molecule has 0 aliphatic heterocycles. The van der Waals surface area contributed by atoms with Crippen molar-refractivity contribution < 1.29 is 14.7 Å². The largest absolute Gasteiger partial charge is 0.481 e. The van der Waals surface area contributed by atoms with Crippen LogP contribution in [0.1, 0.15) is 65.2 Å². The van der Waals surface area contributed by atoms with Crippen molar-refractivity contribution in [2.24, 2.45) is 11.3 Å². The first-order chi connectivity index (χ1) is 9.85. The van der Waals surface area contributed by atoms with Crippen LogP contribution in [-0.4, -0.2) is 29.2 Å². The fraction of sp³-hybridized carbons (Fsp3) is 0.875. The molecule has 2 aliphatic carbocycles. The molecule has 0 aromatic rings. The summed E-state index contributed by atoms with van der Waals surface area (Å²) in [5, 5.41) is 15.1. The molecule has 2 saturated carbocycles. The Labute approximate surface area is 126 Å². The maximum Gasteiger partial charge on any atom is 0.315 e. The maximum absolute atomic E-state index is 12.1. The summed E-state index contributed by atoms with van der Waals surface area (Å²) in [6.07, 6.45) is 7.34. The lowest BCUT2D eigenvalue weighted by molar-refractivity contribution is -0.142. The number of carbonyl (C=O) groups excluding carboxylic acids is 1. The number of nitrogens with one attached hydrogen (secondary N) is 2. The van der Waals surface area contributed by atoms with Crippen molar-refractivity contribution >= 4 is 12.0 Å². The average molecular weight is 296 g/mol. The summed E-state index contributed by atoms with van der Waals surface area (Å²) in [4.78, 5) is 23.0. The van der Waals surface area contributed by atoms with Gasteiger partial charge in [-0.15, -0.1) is 0 Å². The van der Waals surface area contributed by atoms with E-state index >= 15 is 0 Å². The van der Waals surface area contributed by atoms with Crippen molar-refractivity contribution in [3.05, 3.63) is 0 Å². The van der Waals surface area contributed by atoms with Crippen LogP contribution in [0.25, 0.3) is 0 Å². The molecule has 3 N–H and O–H groups in total. The van der Waals surface area contributed by atoms with E-state index in [9.17, 15) is 9.59 Å². The molecule has 2 fully saturated rings. The van der Waals surface area contributed by atoms with Gasteiger partial charge in [-0.1, -0.05) is 20.3 Å². The fourth-order valence-electron chi connectivity index (χ4n) is 3.72. The van der Waals surface area contributed by atoms with Crippen LogP contribution in [-0.2, 0) is 4.79 Å². The molecule has 2 aliphatic rings. The Hall–Kier alpha value is -1.26. The smallest absolute Gasteiger partial charge is 0.315 e. The van der Waals surface area contributed by atoms with Crippen LogP contribution < -0.4 is 10.6 Å². The van der Waals surface area contributed by atoms with E-state index in [1.807, 2.05) is 0 Å². The minimum absolute atomic E-state index is 0.0866. The standard InChI is InChI=1S/C16H28N2O3/c1-16(2)9-3-4-13(10-16)18-15(21)17-12-7-5-11(6-8-12)14(19)20/h11-13H,3-10H2,1-2H3,(H,19,20)(H2,17,18,21). The lowest BCUT2D eigenvalue weighted by atomic mass is 9.75. The summed E-state index contributed by atoms with van der Waals surface area (Å²) < 4.78 is 0. The summed E-state index contributed by atoms with van der Waals surface area (Å²) in [7, 11) is 0. The number of urea groups is 1. The molecule has 0 aromatic carbocycles. The number of carboxylic acids is 1. The molecule has 0 radical (unpaired) electrons. The van der Waals surface area contributed by atoms with Crippen molar-refractivity contribution in [1.29, 1.82) is 0 Å². The highest BCUT2D eigenvalue weighted by atomic mass is 16.4. The van der Waals surface area contributed by atoms with Crippen molar-refractivity contribution in [3.8, 4) is 0 Å². The van der Waals surface area contributed by atoms with Crippen LogP contribution in [0.15, 0.2) is 0 Å². The molecular formula is C16H28N2O3. The first-order valence-corrected chi connectivity index (χ1v) is 8.15. The predicted molar refractivity (Wildman–Crippen MR) is 81.1 cm³/mol. The van der Waals surface area contributed by atoms with Gasteiger partial charge in [-0.3, -0.25) is 4.79 Å². The Kier molecular flexibility index (Phi) is 5.12. The van der Waals surface area contributed by atoms with E-state index in [1.54, 1.807) is 0 Å². The molecule has 2 rings (SSSR count). The van der Waals surface area contributed by atoms with Crippen LogP contribution >= 0.6 is 0 Å². The molecule has 0 saturated heterocycles. The van der Waals surface area contributed by atoms with Gasteiger partial charge in [0.25, 0.3) is 0 Å². The molecule has 5 heteroatoms. The minimum Gasteiger partial charge on any atom is -0.481 e. The quantitative estimate of drug-likeness (QED) is 0.749. The van der Waals surface area contributed by atoms with Crippen LogP contribution in [0.5, 0.6) is 0 Å². The van der Waals surface area contributed by atoms with E-state index in [0.29, 0.717) is 18.3 Å². The third kappa shape index (κ3) is 4.90. The summed E-state index contributed by atoms with van der Waals surface area (Å²) >= 11 is 0. The zero-order valence-corrected chi connectivity index (χ0v) is 13.2. The summed E-state index contributed by atoms with van der Waals surface area (Å²) in [6, 6.07) is 0.304. The van der Waals surface area contributed by atoms with Gasteiger partial charge in [0.15, 0.2) is 0 Å². The van der Waals surface area contributed by atoms with Gasteiger partial charge in [-0.2, -0.15) is 0 Å². The SMILES string of the molecule is CC1(C)CCCC(NC(=O)NC2CCC(C(=O)O)CC2)C1. The van der Waals surface area contributed by atoms with Gasteiger partial charge in [-0.05, 0) is 50.4 Å². The molecule has 0 heterocycles. The van der Waals surface area contributed by atoms with Gasteiger partial charge in [-0.25, -0.2) is 4.79 Å². The second-order valence-electron chi connectivity index (χ2n) is 7.46. The highest BCUT2D eigenvalue weighted by Gasteiger charge is 2.30. The van der Waals surface area contributed by atoms with Crippen molar-refractivity contribution in [2.75, 3.05) is 0 Å². The molecule has 0 bridgehead atoms. The number of rotatable bonds is 3. The van der Waals surface area contributed by atoms with E-state index in [1.165, 1.54) is 12.8 Å². The Bertz CT molecular complexity index is 387. The van der Waals surface area contributed by atoms with Crippen molar-refractivity contribution in [2.45, 2.75) is 77.3 Å². The van der Waals surface area contributed by atoms with Crippen LogP contribution in [0.4, 0.5) is 4.79 Å². The molecule has 1 atom stereocenters. The third-order valence-electron chi connectivity index (χ3n) is 4.95. The number of hydrogen-bond donors (Lipinski definition) is 3. The topological polar surface area (TPSA) is 78.4 Å². The summed E-state index contributed by atoms with van der Waals surface area (Å²) in [5.74, 6) is -0.937. The van der Waals surface area contributed by atoms with Gasteiger partial charge < -0.3 is 15.7 Å². The highest BCUT2D eigenvalue weighted by molar-refractivity contribution is 5.74. The first kappa shape index (κ1) is 16.1. The van der Waals surface area contributed by atoms with Crippen LogP contribution in [0.2, 0.25) is 0 Å². The third-order valence-corrected chi connectivity index (χ3v) is 4.95. The summed E-state index contributed by atoms with van der Waals surface area (Å²) in [5.41, 5.74) is 0.315. The normalized spacial score (nSPS) is 32.2. The number of aliphatic carboxylic acids is 1. The van der Waals surface area contributed by atoms with Gasteiger partial charge in [0.2, 0.25) is 0 Å². The van der Waals surface area contributed by atoms with E-state index < -0.39 is 5.97 Å². The number of carboxylic acid groups (broad SMARTS) is 1. The van der Waals surface area contributed by atoms with Crippen molar-refractivity contribution in [3.63, 3.8) is 0 Å². The zero-order chi connectivity index (χ0) is 15.5. The fourth-order valence-corrected chi connectivity index (χ4v) is 3.72. The molecule has 21 heavy (non-hydrogen) atoms. The Morgan fingerprint density at radius 2 is 1.62 bits per heavy atom. The Morgan fingerprint density at radius 1 is 1.00 bits per heavy atom.